The maximum Gasteiger partial charge on any atom is 0.229 e. The number of hydrogen-bond donors (Lipinski definition) is 1. The molecule has 9 heteroatoms. The molecule has 0 unspecified atom stereocenters. The lowest BCUT2D eigenvalue weighted by atomic mass is 9.99. The maximum absolute atomic E-state index is 11.5. The lowest BCUT2D eigenvalue weighted by Gasteiger charge is -2.29. The molecule has 3 aromatic rings. The zero-order chi connectivity index (χ0) is 21.8. The minimum absolute atomic E-state index is 0.634. The van der Waals surface area contributed by atoms with Crippen molar-refractivity contribution in [1.82, 2.24) is 19.7 Å². The Morgan fingerprint density at radius 2 is 1.90 bits per heavy atom. The summed E-state index contributed by atoms with van der Waals surface area (Å²) in [6.45, 7) is 2.87. The standard InChI is InChI=1S/C22H27N5O2S2/c1-26-21(18-7-4-3-5-8-18)23-24-22(26)30-14-6-12-27-13-11-17-9-10-20(15-19(17)16-27)25-31(2,28)29/h3-5,7-10,15,25H,6,11-14,16H2,1-2H3. The van der Waals surface area contributed by atoms with Crippen molar-refractivity contribution in [3.8, 4) is 11.4 Å². The second kappa shape index (κ2) is 9.42. The third-order valence-corrected chi connectivity index (χ3v) is 7.03. The van der Waals surface area contributed by atoms with E-state index in [1.807, 2.05) is 60.1 Å². The second-order valence-electron chi connectivity index (χ2n) is 7.82. The van der Waals surface area contributed by atoms with Gasteiger partial charge in [0.2, 0.25) is 10.0 Å². The Labute approximate surface area is 187 Å². The van der Waals surface area contributed by atoms with E-state index >= 15 is 0 Å². The first kappa shape index (κ1) is 21.9. The van der Waals surface area contributed by atoms with Gasteiger partial charge in [-0.05, 0) is 42.6 Å². The first-order valence-electron chi connectivity index (χ1n) is 10.3. The molecule has 1 N–H and O–H groups in total. The van der Waals surface area contributed by atoms with E-state index in [-0.39, 0.29) is 0 Å². The van der Waals surface area contributed by atoms with Gasteiger partial charge < -0.3 is 4.57 Å². The van der Waals surface area contributed by atoms with Gasteiger partial charge in [0.1, 0.15) is 0 Å². The van der Waals surface area contributed by atoms with Gasteiger partial charge in [-0.15, -0.1) is 10.2 Å². The van der Waals surface area contributed by atoms with Crippen LogP contribution in [0.5, 0.6) is 0 Å². The summed E-state index contributed by atoms with van der Waals surface area (Å²) in [7, 11) is -1.25. The first-order valence-corrected chi connectivity index (χ1v) is 13.2. The van der Waals surface area contributed by atoms with Crippen molar-refractivity contribution in [1.29, 1.82) is 0 Å². The highest BCUT2D eigenvalue weighted by atomic mass is 32.2. The molecule has 1 aliphatic heterocycles. The van der Waals surface area contributed by atoms with Crippen LogP contribution >= 0.6 is 11.8 Å². The number of fused-ring (bicyclic) bond motifs is 1. The fourth-order valence-electron chi connectivity index (χ4n) is 3.81. The van der Waals surface area contributed by atoms with Crippen LogP contribution < -0.4 is 4.72 Å². The Balaban J connectivity index is 1.29. The van der Waals surface area contributed by atoms with Gasteiger partial charge in [0, 0.05) is 37.1 Å². The molecule has 1 aliphatic rings. The van der Waals surface area contributed by atoms with Gasteiger partial charge in [-0.2, -0.15) is 0 Å². The summed E-state index contributed by atoms with van der Waals surface area (Å²) in [5.74, 6) is 1.86. The Morgan fingerprint density at radius 3 is 2.68 bits per heavy atom. The topological polar surface area (TPSA) is 80.1 Å². The van der Waals surface area contributed by atoms with E-state index in [0.717, 1.165) is 54.8 Å². The Bertz CT molecular complexity index is 1150. The van der Waals surface area contributed by atoms with Gasteiger partial charge in [-0.25, -0.2) is 8.42 Å². The number of benzene rings is 2. The molecule has 0 saturated carbocycles. The number of thioether (sulfide) groups is 1. The van der Waals surface area contributed by atoms with E-state index in [0.29, 0.717) is 5.69 Å². The molecule has 2 heterocycles. The molecule has 4 rings (SSSR count). The largest absolute Gasteiger partial charge is 0.305 e. The molecular weight excluding hydrogens is 430 g/mol. The van der Waals surface area contributed by atoms with Crippen LogP contribution in [-0.2, 0) is 30.0 Å². The maximum atomic E-state index is 11.5. The summed E-state index contributed by atoms with van der Waals surface area (Å²) < 4.78 is 27.6. The highest BCUT2D eigenvalue weighted by Crippen LogP contribution is 2.25. The molecule has 164 valence electrons. The monoisotopic (exact) mass is 457 g/mol. The number of aromatic nitrogens is 3. The van der Waals surface area contributed by atoms with Gasteiger partial charge in [-0.1, -0.05) is 48.2 Å². The number of nitrogens with zero attached hydrogens (tertiary/aromatic N) is 4. The molecule has 0 amide bonds. The van der Waals surface area contributed by atoms with Gasteiger partial charge in [0.05, 0.1) is 6.26 Å². The van der Waals surface area contributed by atoms with Crippen molar-refractivity contribution >= 4 is 27.5 Å². The van der Waals surface area contributed by atoms with Gasteiger partial charge in [0.15, 0.2) is 11.0 Å². The number of sulfonamides is 1. The van der Waals surface area contributed by atoms with E-state index in [1.54, 1.807) is 11.8 Å². The van der Waals surface area contributed by atoms with Crippen LogP contribution in [0.4, 0.5) is 5.69 Å². The van der Waals surface area contributed by atoms with Crippen LogP contribution in [0.25, 0.3) is 11.4 Å². The van der Waals surface area contributed by atoms with Crippen LogP contribution in [0.3, 0.4) is 0 Å². The van der Waals surface area contributed by atoms with Crippen molar-refractivity contribution in [2.75, 3.05) is 29.8 Å². The SMILES string of the molecule is Cn1c(SCCCN2CCc3ccc(NS(C)(=O)=O)cc3C2)nnc1-c1ccccc1. The second-order valence-corrected chi connectivity index (χ2v) is 10.6. The molecule has 0 atom stereocenters. The summed E-state index contributed by atoms with van der Waals surface area (Å²) >= 11 is 1.73. The van der Waals surface area contributed by atoms with Gasteiger partial charge in [-0.3, -0.25) is 9.62 Å². The lowest BCUT2D eigenvalue weighted by Crippen LogP contribution is -2.31. The van der Waals surface area contributed by atoms with E-state index in [4.69, 9.17) is 0 Å². The van der Waals surface area contributed by atoms with Crippen LogP contribution in [0, 0.1) is 0 Å². The van der Waals surface area contributed by atoms with Crippen molar-refractivity contribution < 1.29 is 8.42 Å². The fraction of sp³-hybridized carbons (Fsp3) is 0.364. The summed E-state index contributed by atoms with van der Waals surface area (Å²) in [5, 5.41) is 9.63. The van der Waals surface area contributed by atoms with Crippen molar-refractivity contribution in [3.05, 3.63) is 59.7 Å². The van der Waals surface area contributed by atoms with E-state index in [1.165, 1.54) is 17.4 Å². The van der Waals surface area contributed by atoms with Crippen molar-refractivity contribution in [2.24, 2.45) is 7.05 Å². The predicted molar refractivity (Wildman–Crippen MR) is 126 cm³/mol. The summed E-state index contributed by atoms with van der Waals surface area (Å²) in [5.41, 5.74) is 4.21. The fourth-order valence-corrected chi connectivity index (χ4v) is 5.20. The number of nitrogens with one attached hydrogen (secondary N) is 1. The first-order chi connectivity index (χ1) is 14.9. The zero-order valence-electron chi connectivity index (χ0n) is 17.8. The normalized spacial score (nSPS) is 14.4. The van der Waals surface area contributed by atoms with Crippen LogP contribution in [0.15, 0.2) is 53.7 Å². The van der Waals surface area contributed by atoms with Crippen LogP contribution in [0.2, 0.25) is 0 Å². The third kappa shape index (κ3) is 5.66. The van der Waals surface area contributed by atoms with Crippen molar-refractivity contribution in [3.63, 3.8) is 0 Å². The molecule has 0 fully saturated rings. The Morgan fingerprint density at radius 1 is 1.10 bits per heavy atom. The molecule has 0 spiro atoms. The zero-order valence-corrected chi connectivity index (χ0v) is 19.4. The molecule has 0 aliphatic carbocycles. The Hall–Kier alpha value is -2.36. The molecule has 0 bridgehead atoms. The third-order valence-electron chi connectivity index (χ3n) is 5.32. The Kier molecular flexibility index (Phi) is 6.64. The summed E-state index contributed by atoms with van der Waals surface area (Å²) in [6, 6.07) is 15.9. The highest BCUT2D eigenvalue weighted by Gasteiger charge is 2.17. The lowest BCUT2D eigenvalue weighted by molar-refractivity contribution is 0.255. The van der Waals surface area contributed by atoms with Gasteiger partial charge >= 0.3 is 0 Å². The minimum Gasteiger partial charge on any atom is -0.305 e. The highest BCUT2D eigenvalue weighted by molar-refractivity contribution is 7.99. The molecule has 31 heavy (non-hydrogen) atoms. The summed E-state index contributed by atoms with van der Waals surface area (Å²) in [4.78, 5) is 2.43. The molecule has 2 aromatic carbocycles. The van der Waals surface area contributed by atoms with E-state index < -0.39 is 10.0 Å². The number of hydrogen-bond acceptors (Lipinski definition) is 6. The smallest absolute Gasteiger partial charge is 0.229 e. The van der Waals surface area contributed by atoms with Crippen LogP contribution in [-0.4, -0.2) is 53.2 Å². The predicted octanol–water partition coefficient (Wildman–Crippen LogP) is 3.39. The molecular formula is C22H27N5O2S2. The van der Waals surface area contributed by atoms with Crippen LogP contribution in [0.1, 0.15) is 17.5 Å². The van der Waals surface area contributed by atoms with E-state index in [9.17, 15) is 8.42 Å². The van der Waals surface area contributed by atoms with E-state index in [2.05, 4.69) is 19.8 Å². The molecule has 7 nitrogen and oxygen atoms in total. The molecule has 0 saturated heterocycles. The average molecular weight is 458 g/mol. The average Bonchev–Trinajstić information content (AvgIpc) is 3.11. The number of anilines is 1. The molecule has 0 radical (unpaired) electrons. The quantitative estimate of drug-likeness (QED) is 0.413. The summed E-state index contributed by atoms with van der Waals surface area (Å²) in [6.07, 6.45) is 3.22. The van der Waals surface area contributed by atoms with Gasteiger partial charge in [0.25, 0.3) is 0 Å². The minimum atomic E-state index is -3.26. The van der Waals surface area contributed by atoms with Crippen molar-refractivity contribution in [2.45, 2.75) is 24.5 Å². The molecule has 1 aromatic heterocycles. The number of rotatable bonds is 8.